The molecule has 28 heavy (non-hydrogen) atoms. The molecule has 1 saturated heterocycles. The van der Waals surface area contributed by atoms with Gasteiger partial charge in [-0.3, -0.25) is 0 Å². The summed E-state index contributed by atoms with van der Waals surface area (Å²) in [5.74, 6) is 3.22. The van der Waals surface area contributed by atoms with Gasteiger partial charge < -0.3 is 20.1 Å². The Morgan fingerprint density at radius 1 is 1.39 bits per heavy atom. The van der Waals surface area contributed by atoms with Gasteiger partial charge in [-0.05, 0) is 50.9 Å². The topological polar surface area (TPSA) is 51.4 Å². The van der Waals surface area contributed by atoms with Gasteiger partial charge in [0.05, 0.1) is 0 Å². The highest BCUT2D eigenvalue weighted by molar-refractivity contribution is 5.90. The van der Waals surface area contributed by atoms with Crippen LogP contribution in [-0.4, -0.2) is 59.6 Å². The Labute approximate surface area is 167 Å². The summed E-state index contributed by atoms with van der Waals surface area (Å²) in [7, 11) is 2.19. The van der Waals surface area contributed by atoms with E-state index in [1.165, 1.54) is 27.7 Å². The predicted octanol–water partition coefficient (Wildman–Crippen LogP) is 3.11. The Hall–Kier alpha value is -2.45. The predicted molar refractivity (Wildman–Crippen MR) is 114 cm³/mol. The summed E-state index contributed by atoms with van der Waals surface area (Å²) in [6, 6.07) is 7.22. The number of likely N-dealkylation sites (N-methyl/N-ethyl adjacent to an activating group) is 1. The van der Waals surface area contributed by atoms with Gasteiger partial charge in [0.2, 0.25) is 0 Å². The summed E-state index contributed by atoms with van der Waals surface area (Å²) in [4.78, 5) is 20.4. The number of hydrogen-bond donors (Lipinski definition) is 2. The van der Waals surface area contributed by atoms with E-state index < -0.39 is 0 Å². The number of fused-ring (bicyclic) bond motifs is 2. The van der Waals surface area contributed by atoms with Crippen LogP contribution in [0.1, 0.15) is 43.0 Å². The molecule has 1 aromatic heterocycles. The quantitative estimate of drug-likeness (QED) is 0.803. The zero-order valence-corrected chi connectivity index (χ0v) is 17.1. The third-order valence-electron chi connectivity index (χ3n) is 6.60. The van der Waals surface area contributed by atoms with E-state index in [2.05, 4.69) is 46.4 Å². The zero-order valence-electron chi connectivity index (χ0n) is 17.1. The Bertz CT molecular complexity index is 921. The van der Waals surface area contributed by atoms with E-state index in [0.29, 0.717) is 18.4 Å². The van der Waals surface area contributed by atoms with Crippen LogP contribution >= 0.6 is 0 Å². The summed E-state index contributed by atoms with van der Waals surface area (Å²) in [6.45, 7) is 6.40. The maximum atomic E-state index is 12.6. The van der Waals surface area contributed by atoms with Crippen LogP contribution in [0.3, 0.4) is 0 Å². The summed E-state index contributed by atoms with van der Waals surface area (Å²) in [6.07, 6.45) is 8.26. The number of piperidine rings is 1. The van der Waals surface area contributed by atoms with E-state index in [0.717, 1.165) is 32.5 Å². The van der Waals surface area contributed by atoms with Gasteiger partial charge in [-0.15, -0.1) is 12.3 Å². The fourth-order valence-corrected chi connectivity index (χ4v) is 5.24. The summed E-state index contributed by atoms with van der Waals surface area (Å²) in [5, 5.41) is 4.64. The molecule has 2 N–H and O–H groups in total. The molecule has 2 aliphatic rings. The zero-order chi connectivity index (χ0) is 19.8. The van der Waals surface area contributed by atoms with E-state index in [-0.39, 0.29) is 12.1 Å². The fraction of sp³-hybridized carbons (Fsp3) is 0.522. The molecule has 5 heteroatoms. The number of aromatic amines is 1. The van der Waals surface area contributed by atoms with Crippen molar-refractivity contribution in [2.75, 3.05) is 26.7 Å². The molecule has 1 unspecified atom stereocenters. The van der Waals surface area contributed by atoms with Crippen LogP contribution in [0.5, 0.6) is 0 Å². The molecule has 0 saturated carbocycles. The maximum Gasteiger partial charge on any atom is 0.317 e. The number of carbonyl (C=O) groups is 1. The minimum absolute atomic E-state index is 0.0505. The number of hydrogen-bond acceptors (Lipinski definition) is 2. The van der Waals surface area contributed by atoms with Gasteiger partial charge in [-0.1, -0.05) is 12.1 Å². The van der Waals surface area contributed by atoms with Crippen molar-refractivity contribution in [2.24, 2.45) is 0 Å². The van der Waals surface area contributed by atoms with E-state index >= 15 is 0 Å². The van der Waals surface area contributed by atoms with Crippen LogP contribution in [0.2, 0.25) is 0 Å². The third-order valence-corrected chi connectivity index (χ3v) is 6.60. The van der Waals surface area contributed by atoms with Gasteiger partial charge in [-0.25, -0.2) is 4.79 Å². The first kappa shape index (κ1) is 18.9. The highest BCUT2D eigenvalue weighted by Gasteiger charge is 2.40. The first-order chi connectivity index (χ1) is 13.6. The van der Waals surface area contributed by atoms with Gasteiger partial charge in [-0.2, -0.15) is 0 Å². The SMILES string of the molecule is C#CCc1[nH]c2cccc3c2c1C[C@@H]1C3C[C@H](NC(=O)N(CC)CC)CN1C. The van der Waals surface area contributed by atoms with Crippen molar-refractivity contribution < 1.29 is 4.79 Å². The van der Waals surface area contributed by atoms with E-state index in [4.69, 9.17) is 6.42 Å². The molecule has 1 aromatic carbocycles. The molecule has 0 spiro atoms. The molecular formula is C23H30N4O. The minimum Gasteiger partial charge on any atom is -0.357 e. The van der Waals surface area contributed by atoms with Gasteiger partial charge in [0.1, 0.15) is 0 Å². The molecule has 1 fully saturated rings. The highest BCUT2D eigenvalue weighted by atomic mass is 16.2. The average Bonchev–Trinajstić information content (AvgIpc) is 3.03. The number of amides is 2. The lowest BCUT2D eigenvalue weighted by Gasteiger charge is -2.46. The monoisotopic (exact) mass is 378 g/mol. The Morgan fingerprint density at radius 3 is 2.89 bits per heavy atom. The largest absolute Gasteiger partial charge is 0.357 e. The number of carbonyl (C=O) groups excluding carboxylic acids is 1. The van der Waals surface area contributed by atoms with Crippen molar-refractivity contribution in [3.05, 3.63) is 35.0 Å². The van der Waals surface area contributed by atoms with Crippen molar-refractivity contribution in [3.63, 3.8) is 0 Å². The normalized spacial score (nSPS) is 23.9. The molecular weight excluding hydrogens is 348 g/mol. The van der Waals surface area contributed by atoms with Crippen molar-refractivity contribution in [1.82, 2.24) is 20.1 Å². The lowest BCUT2D eigenvalue weighted by Crippen LogP contribution is -2.56. The lowest BCUT2D eigenvalue weighted by molar-refractivity contribution is 0.124. The van der Waals surface area contributed by atoms with Crippen molar-refractivity contribution in [2.45, 2.75) is 51.1 Å². The minimum atomic E-state index is 0.0505. The van der Waals surface area contributed by atoms with E-state index in [1.54, 1.807) is 0 Å². The molecule has 0 bridgehead atoms. The van der Waals surface area contributed by atoms with Gasteiger partial charge in [0, 0.05) is 60.7 Å². The van der Waals surface area contributed by atoms with E-state index in [9.17, 15) is 4.79 Å². The number of likely N-dealkylation sites (tertiary alicyclic amines) is 1. The molecule has 1 aliphatic heterocycles. The number of aromatic nitrogens is 1. The first-order valence-electron chi connectivity index (χ1n) is 10.4. The van der Waals surface area contributed by atoms with Crippen LogP contribution in [0.25, 0.3) is 10.9 Å². The molecule has 1 aliphatic carbocycles. The van der Waals surface area contributed by atoms with Crippen molar-refractivity contribution >= 4 is 16.9 Å². The summed E-state index contributed by atoms with van der Waals surface area (Å²) >= 11 is 0. The van der Waals surface area contributed by atoms with Crippen LogP contribution < -0.4 is 5.32 Å². The number of H-pyrrole nitrogens is 1. The number of terminal acetylenes is 1. The molecule has 148 valence electrons. The Kier molecular flexibility index (Phi) is 5.07. The van der Waals surface area contributed by atoms with Crippen molar-refractivity contribution in [3.8, 4) is 12.3 Å². The molecule has 2 amide bonds. The molecule has 0 radical (unpaired) electrons. The average molecular weight is 379 g/mol. The Morgan fingerprint density at radius 2 is 2.18 bits per heavy atom. The number of rotatable bonds is 4. The smallest absolute Gasteiger partial charge is 0.317 e. The van der Waals surface area contributed by atoms with Gasteiger partial charge in [0.15, 0.2) is 0 Å². The number of nitrogens with zero attached hydrogens (tertiary/aromatic N) is 2. The van der Waals surface area contributed by atoms with Crippen molar-refractivity contribution in [1.29, 1.82) is 0 Å². The van der Waals surface area contributed by atoms with E-state index in [1.807, 2.05) is 18.7 Å². The number of benzene rings is 1. The molecule has 4 rings (SSSR count). The molecule has 2 aromatic rings. The third kappa shape index (κ3) is 3.06. The fourth-order valence-electron chi connectivity index (χ4n) is 5.24. The second-order valence-corrected chi connectivity index (χ2v) is 8.10. The van der Waals surface area contributed by atoms with Crippen LogP contribution in [0, 0.1) is 12.3 Å². The van der Waals surface area contributed by atoms with Crippen LogP contribution in [-0.2, 0) is 12.8 Å². The standard InChI is InChI=1S/C23H30N4O/c1-5-9-19-18-13-21-17(16-10-8-11-20(25-19)22(16)18)12-15(14-26(21)4)24-23(28)27(6-2)7-3/h1,8,10-11,15,17,21,25H,6-7,9,12-14H2,2-4H3,(H,24,28)/t15-,17?,21+/m0/s1. The summed E-state index contributed by atoms with van der Waals surface area (Å²) < 4.78 is 0. The van der Waals surface area contributed by atoms with Gasteiger partial charge >= 0.3 is 6.03 Å². The van der Waals surface area contributed by atoms with Gasteiger partial charge in [0.25, 0.3) is 0 Å². The number of nitrogens with one attached hydrogen (secondary N) is 2. The molecule has 2 heterocycles. The summed E-state index contributed by atoms with van der Waals surface area (Å²) in [5.41, 5.74) is 5.17. The maximum absolute atomic E-state index is 12.6. The highest BCUT2D eigenvalue weighted by Crippen LogP contribution is 2.44. The first-order valence-corrected chi connectivity index (χ1v) is 10.4. The Balaban J connectivity index is 1.65. The second kappa shape index (κ2) is 7.52. The lowest BCUT2D eigenvalue weighted by atomic mass is 9.73. The molecule has 5 nitrogen and oxygen atoms in total. The van der Waals surface area contributed by atoms with Crippen LogP contribution in [0.15, 0.2) is 18.2 Å². The molecule has 3 atom stereocenters. The van der Waals surface area contributed by atoms with Crippen LogP contribution in [0.4, 0.5) is 4.79 Å². The number of urea groups is 1. The second-order valence-electron chi connectivity index (χ2n) is 8.10.